The van der Waals surface area contributed by atoms with Gasteiger partial charge in [0.1, 0.15) is 5.92 Å². The summed E-state index contributed by atoms with van der Waals surface area (Å²) in [6, 6.07) is 15.1. The van der Waals surface area contributed by atoms with Crippen molar-refractivity contribution in [3.8, 4) is 18.2 Å². The first-order chi connectivity index (χ1) is 13.8. The monoisotopic (exact) mass is 386 g/mol. The van der Waals surface area contributed by atoms with Gasteiger partial charge >= 0.3 is 0 Å². The average molecular weight is 387 g/mol. The van der Waals surface area contributed by atoms with Crippen molar-refractivity contribution in [2.75, 3.05) is 13.1 Å². The molecule has 0 radical (unpaired) electrons. The summed E-state index contributed by atoms with van der Waals surface area (Å²) in [7, 11) is 0. The van der Waals surface area contributed by atoms with E-state index in [1.807, 2.05) is 12.1 Å². The number of benzene rings is 1. The zero-order chi connectivity index (χ0) is 21.3. The fraction of sp³-hybridized carbons (Fsp3) is 0.500. The molecule has 0 aromatic heterocycles. The van der Waals surface area contributed by atoms with E-state index in [9.17, 15) is 15.8 Å². The zero-order valence-electron chi connectivity index (χ0n) is 17.5. The molecule has 1 fully saturated rings. The van der Waals surface area contributed by atoms with Crippen LogP contribution < -0.4 is 4.90 Å². The second-order valence-corrected chi connectivity index (χ2v) is 8.84. The molecule has 0 amide bonds. The third-order valence-corrected chi connectivity index (χ3v) is 6.69. The molecule has 2 N–H and O–H groups in total. The molecule has 1 aromatic carbocycles. The van der Waals surface area contributed by atoms with Crippen LogP contribution in [0.15, 0.2) is 35.9 Å². The Bertz CT molecular complexity index is 935. The minimum absolute atomic E-state index is 0.0709. The van der Waals surface area contributed by atoms with Crippen molar-refractivity contribution in [2.45, 2.75) is 45.6 Å². The molecule has 0 spiro atoms. The highest BCUT2D eigenvalue weighted by Crippen LogP contribution is 2.52. The number of nitrogens with zero attached hydrogens (tertiary/aromatic N) is 3. The molecule has 2 aliphatic rings. The summed E-state index contributed by atoms with van der Waals surface area (Å²) >= 11 is 0. The maximum absolute atomic E-state index is 10.1. The molecule has 1 heterocycles. The number of fused-ring (bicyclic) bond motifs is 1. The lowest BCUT2D eigenvalue weighted by Gasteiger charge is -2.47. The highest BCUT2D eigenvalue weighted by molar-refractivity contribution is 6.00. The van der Waals surface area contributed by atoms with Gasteiger partial charge in [-0.15, -0.1) is 0 Å². The number of hydrogen-bond acceptors (Lipinski definition) is 4. The molecule has 29 heavy (non-hydrogen) atoms. The zero-order valence-corrected chi connectivity index (χ0v) is 17.5. The van der Waals surface area contributed by atoms with Gasteiger partial charge in [0, 0.05) is 11.8 Å². The first-order valence-corrected chi connectivity index (χ1v) is 10.3. The van der Waals surface area contributed by atoms with Crippen molar-refractivity contribution in [1.82, 2.24) is 0 Å². The Morgan fingerprint density at radius 1 is 1.07 bits per heavy atom. The SMILES string of the molecule is CC(C)c1ccc([C@@H]2[C@@H]3C[NH+](C(C)C)CC=C3[C@H](C#N)C(=N)C2(C#N)C#N)cc1. The fourth-order valence-corrected chi connectivity index (χ4v) is 4.86. The smallest absolute Gasteiger partial charge is 0.189 e. The first-order valence-electron chi connectivity index (χ1n) is 10.3. The predicted octanol–water partition coefficient (Wildman–Crippen LogP) is 2.95. The molecule has 1 aromatic rings. The van der Waals surface area contributed by atoms with E-state index in [-0.39, 0.29) is 11.6 Å². The van der Waals surface area contributed by atoms with Crippen LogP contribution in [0.25, 0.3) is 0 Å². The highest BCUT2D eigenvalue weighted by Gasteiger charge is 2.58. The Morgan fingerprint density at radius 2 is 1.69 bits per heavy atom. The highest BCUT2D eigenvalue weighted by atomic mass is 15.2. The molecule has 5 nitrogen and oxygen atoms in total. The van der Waals surface area contributed by atoms with Crippen LogP contribution in [0.5, 0.6) is 0 Å². The van der Waals surface area contributed by atoms with E-state index >= 15 is 0 Å². The second kappa shape index (κ2) is 7.82. The minimum atomic E-state index is -1.62. The van der Waals surface area contributed by atoms with Crippen LogP contribution in [0.4, 0.5) is 0 Å². The molecule has 4 atom stereocenters. The number of quaternary nitrogens is 1. The van der Waals surface area contributed by atoms with Gasteiger partial charge in [-0.2, -0.15) is 15.8 Å². The maximum atomic E-state index is 10.1. The molecule has 1 aliphatic carbocycles. The molecule has 0 bridgehead atoms. The fourth-order valence-electron chi connectivity index (χ4n) is 4.86. The summed E-state index contributed by atoms with van der Waals surface area (Å²) in [6.45, 7) is 10.1. The second-order valence-electron chi connectivity index (χ2n) is 8.84. The van der Waals surface area contributed by atoms with Gasteiger partial charge in [-0.1, -0.05) is 38.1 Å². The van der Waals surface area contributed by atoms with Crippen LogP contribution in [-0.4, -0.2) is 24.8 Å². The van der Waals surface area contributed by atoms with E-state index in [4.69, 9.17) is 5.41 Å². The van der Waals surface area contributed by atoms with E-state index in [1.165, 1.54) is 10.5 Å². The average Bonchev–Trinajstić information content (AvgIpc) is 2.72. The van der Waals surface area contributed by atoms with Gasteiger partial charge in [0.05, 0.1) is 43.1 Å². The van der Waals surface area contributed by atoms with Gasteiger partial charge < -0.3 is 10.3 Å². The third kappa shape index (κ3) is 3.25. The topological polar surface area (TPSA) is 99.7 Å². The standard InChI is InChI=1S/C24H27N5/c1-15(2)17-5-7-18(8-6-17)22-21-12-29(16(3)4)10-9-19(21)20(11-25)23(28)24(22,13-26)14-27/h5-9,15-16,20-22,28H,10,12H2,1-4H3/p+1/t20-,21+,22+/m0/s1. The van der Waals surface area contributed by atoms with Crippen LogP contribution in [0.1, 0.15) is 50.7 Å². The Morgan fingerprint density at radius 3 is 2.17 bits per heavy atom. The van der Waals surface area contributed by atoms with Gasteiger partial charge in [0.2, 0.25) is 0 Å². The van der Waals surface area contributed by atoms with Gasteiger partial charge in [-0.05, 0) is 42.5 Å². The Kier molecular flexibility index (Phi) is 5.61. The summed E-state index contributed by atoms with van der Waals surface area (Å²) in [4.78, 5) is 1.37. The summed E-state index contributed by atoms with van der Waals surface area (Å²) in [5.74, 6) is -0.959. The van der Waals surface area contributed by atoms with Crippen LogP contribution in [0, 0.1) is 56.7 Å². The lowest BCUT2D eigenvalue weighted by Crippen LogP contribution is -3.16. The third-order valence-electron chi connectivity index (χ3n) is 6.69. The van der Waals surface area contributed by atoms with Crippen molar-refractivity contribution in [3.05, 3.63) is 47.0 Å². The van der Waals surface area contributed by atoms with E-state index in [0.717, 1.165) is 24.2 Å². The van der Waals surface area contributed by atoms with Crippen molar-refractivity contribution >= 4 is 5.71 Å². The number of nitriles is 3. The lowest BCUT2D eigenvalue weighted by atomic mass is 9.54. The molecule has 5 heteroatoms. The minimum Gasteiger partial charge on any atom is -0.329 e. The number of hydrogen-bond donors (Lipinski definition) is 2. The summed E-state index contributed by atoms with van der Waals surface area (Å²) < 4.78 is 0. The molecule has 1 unspecified atom stereocenters. The van der Waals surface area contributed by atoms with E-state index in [1.54, 1.807) is 0 Å². The van der Waals surface area contributed by atoms with Crippen molar-refractivity contribution in [3.63, 3.8) is 0 Å². The molecule has 0 saturated heterocycles. The Balaban J connectivity index is 2.20. The lowest BCUT2D eigenvalue weighted by molar-refractivity contribution is -0.920. The maximum Gasteiger partial charge on any atom is 0.189 e. The summed E-state index contributed by atoms with van der Waals surface area (Å²) in [5, 5.41) is 38.7. The van der Waals surface area contributed by atoms with Gasteiger partial charge in [-0.25, -0.2) is 0 Å². The molecule has 3 rings (SSSR count). The molecule has 148 valence electrons. The number of rotatable bonds is 3. The molecule has 1 saturated carbocycles. The van der Waals surface area contributed by atoms with Crippen LogP contribution in [-0.2, 0) is 0 Å². The predicted molar refractivity (Wildman–Crippen MR) is 111 cm³/mol. The summed E-state index contributed by atoms with van der Waals surface area (Å²) in [5.41, 5.74) is 1.32. The van der Waals surface area contributed by atoms with Gasteiger partial charge in [-0.3, -0.25) is 0 Å². The Hall–Kier alpha value is -2.94. The van der Waals surface area contributed by atoms with E-state index in [0.29, 0.717) is 12.0 Å². The summed E-state index contributed by atoms with van der Waals surface area (Å²) in [6.07, 6.45) is 2.08. The molecular weight excluding hydrogens is 358 g/mol. The first kappa shape index (κ1) is 20.8. The van der Waals surface area contributed by atoms with Gasteiger partial charge in [0.25, 0.3) is 0 Å². The Labute approximate surface area is 173 Å². The van der Waals surface area contributed by atoms with Crippen LogP contribution in [0.2, 0.25) is 0 Å². The quantitative estimate of drug-likeness (QED) is 0.781. The van der Waals surface area contributed by atoms with E-state index in [2.05, 4.69) is 64.1 Å². The van der Waals surface area contributed by atoms with Crippen LogP contribution >= 0.6 is 0 Å². The van der Waals surface area contributed by atoms with E-state index < -0.39 is 17.3 Å². The van der Waals surface area contributed by atoms with Crippen molar-refractivity contribution < 1.29 is 4.90 Å². The molecular formula is C24H28N5+. The molecule has 1 aliphatic heterocycles. The van der Waals surface area contributed by atoms with Crippen molar-refractivity contribution in [1.29, 1.82) is 21.2 Å². The van der Waals surface area contributed by atoms with Crippen molar-refractivity contribution in [2.24, 2.45) is 17.3 Å². The normalized spacial score (nSPS) is 28.1. The van der Waals surface area contributed by atoms with Crippen LogP contribution in [0.3, 0.4) is 0 Å². The van der Waals surface area contributed by atoms with Gasteiger partial charge in [0.15, 0.2) is 5.41 Å². The largest absolute Gasteiger partial charge is 0.329 e. The number of nitrogens with one attached hydrogen (secondary N) is 2.